The van der Waals surface area contributed by atoms with E-state index in [1.54, 1.807) is 11.3 Å². The molecule has 1 aromatic rings. The quantitative estimate of drug-likeness (QED) is 0.809. The summed E-state index contributed by atoms with van der Waals surface area (Å²) in [5.41, 5.74) is 1.06. The zero-order valence-electron chi connectivity index (χ0n) is 8.88. The lowest BCUT2D eigenvalue weighted by atomic mass is 10.0. The van der Waals surface area contributed by atoms with E-state index in [0.717, 1.165) is 25.1 Å². The van der Waals surface area contributed by atoms with Crippen LogP contribution in [0, 0.1) is 0 Å². The molecule has 1 fully saturated rings. The molecule has 1 unspecified atom stereocenters. The van der Waals surface area contributed by atoms with Crippen molar-refractivity contribution in [2.75, 3.05) is 13.1 Å². The average molecular weight is 224 g/mol. The van der Waals surface area contributed by atoms with Crippen molar-refractivity contribution in [2.45, 2.75) is 25.3 Å². The van der Waals surface area contributed by atoms with E-state index in [0.29, 0.717) is 6.42 Å². The first kappa shape index (κ1) is 10.6. The van der Waals surface area contributed by atoms with Crippen molar-refractivity contribution in [1.82, 2.24) is 10.6 Å². The molecule has 0 aliphatic carbocycles. The Morgan fingerprint density at radius 3 is 3.20 bits per heavy atom. The standard InChI is InChI=1S/C11H16N2OS/c1-11(3-4-12-8-11)13-10(14)6-9-2-5-15-7-9/h2,5,7,12H,3-4,6,8H2,1H3,(H,13,14). The van der Waals surface area contributed by atoms with Crippen LogP contribution in [0.1, 0.15) is 18.9 Å². The Bertz CT molecular complexity index is 328. The molecule has 1 aliphatic heterocycles. The number of carbonyl (C=O) groups is 1. The van der Waals surface area contributed by atoms with Crippen molar-refractivity contribution in [1.29, 1.82) is 0 Å². The molecular weight excluding hydrogens is 208 g/mol. The van der Waals surface area contributed by atoms with Crippen LogP contribution in [0.2, 0.25) is 0 Å². The molecular formula is C11H16N2OS. The van der Waals surface area contributed by atoms with Crippen molar-refractivity contribution in [3.8, 4) is 0 Å². The summed E-state index contributed by atoms with van der Waals surface area (Å²) < 4.78 is 0. The van der Waals surface area contributed by atoms with Crippen LogP contribution in [0.5, 0.6) is 0 Å². The van der Waals surface area contributed by atoms with Gasteiger partial charge in [-0.05, 0) is 42.3 Å². The molecule has 2 rings (SSSR count). The van der Waals surface area contributed by atoms with Crippen molar-refractivity contribution >= 4 is 17.2 Å². The number of thiophene rings is 1. The number of amides is 1. The molecule has 15 heavy (non-hydrogen) atoms. The minimum absolute atomic E-state index is 0.0485. The minimum atomic E-state index is -0.0485. The molecule has 1 amide bonds. The van der Waals surface area contributed by atoms with Crippen LogP contribution < -0.4 is 10.6 Å². The normalized spacial score (nSPS) is 25.4. The second-order valence-corrected chi connectivity index (χ2v) is 5.12. The van der Waals surface area contributed by atoms with E-state index in [4.69, 9.17) is 0 Å². The lowest BCUT2D eigenvalue weighted by Crippen LogP contribution is -2.48. The van der Waals surface area contributed by atoms with Crippen molar-refractivity contribution < 1.29 is 4.79 Å². The predicted molar refractivity (Wildman–Crippen MR) is 62.1 cm³/mol. The van der Waals surface area contributed by atoms with E-state index < -0.39 is 0 Å². The van der Waals surface area contributed by atoms with Crippen molar-refractivity contribution in [3.63, 3.8) is 0 Å². The SMILES string of the molecule is CC1(NC(=O)Cc2ccsc2)CCNC1. The average Bonchev–Trinajstić information content (AvgIpc) is 2.76. The third kappa shape index (κ3) is 2.79. The molecule has 4 heteroatoms. The number of hydrogen-bond donors (Lipinski definition) is 2. The van der Waals surface area contributed by atoms with Gasteiger partial charge in [0.05, 0.1) is 12.0 Å². The largest absolute Gasteiger partial charge is 0.349 e. The highest BCUT2D eigenvalue weighted by Gasteiger charge is 2.29. The van der Waals surface area contributed by atoms with Gasteiger partial charge in [-0.25, -0.2) is 0 Å². The summed E-state index contributed by atoms with van der Waals surface area (Å²) in [7, 11) is 0. The zero-order chi connectivity index (χ0) is 10.7. The van der Waals surface area contributed by atoms with Crippen molar-refractivity contribution in [2.24, 2.45) is 0 Å². The van der Waals surface area contributed by atoms with Gasteiger partial charge in [0.1, 0.15) is 0 Å². The van der Waals surface area contributed by atoms with Crippen LogP contribution in [0.3, 0.4) is 0 Å². The molecule has 1 saturated heterocycles. The van der Waals surface area contributed by atoms with Crippen LogP contribution in [0.25, 0.3) is 0 Å². The first-order valence-corrected chi connectivity index (χ1v) is 6.15. The predicted octanol–water partition coefficient (Wildman–Crippen LogP) is 1.16. The molecule has 0 bridgehead atoms. The molecule has 2 heterocycles. The van der Waals surface area contributed by atoms with Gasteiger partial charge in [-0.15, -0.1) is 0 Å². The molecule has 3 nitrogen and oxygen atoms in total. The van der Waals surface area contributed by atoms with Gasteiger partial charge in [-0.3, -0.25) is 4.79 Å². The highest BCUT2D eigenvalue weighted by molar-refractivity contribution is 7.07. The van der Waals surface area contributed by atoms with Gasteiger partial charge in [-0.1, -0.05) is 0 Å². The summed E-state index contributed by atoms with van der Waals surface area (Å²) in [6, 6.07) is 2.00. The summed E-state index contributed by atoms with van der Waals surface area (Å²) >= 11 is 1.63. The summed E-state index contributed by atoms with van der Waals surface area (Å²) in [5.74, 6) is 0.125. The molecule has 2 N–H and O–H groups in total. The van der Waals surface area contributed by atoms with Gasteiger partial charge < -0.3 is 10.6 Å². The van der Waals surface area contributed by atoms with Crippen LogP contribution in [0.15, 0.2) is 16.8 Å². The highest BCUT2D eigenvalue weighted by atomic mass is 32.1. The third-order valence-electron chi connectivity index (χ3n) is 2.75. The van der Waals surface area contributed by atoms with Crippen LogP contribution in [-0.2, 0) is 11.2 Å². The smallest absolute Gasteiger partial charge is 0.224 e. The fourth-order valence-electron chi connectivity index (χ4n) is 1.88. The molecule has 0 radical (unpaired) electrons. The van der Waals surface area contributed by atoms with Gasteiger partial charge in [0.15, 0.2) is 0 Å². The van der Waals surface area contributed by atoms with Gasteiger partial charge >= 0.3 is 0 Å². The summed E-state index contributed by atoms with van der Waals surface area (Å²) in [5, 5.41) is 10.4. The lowest BCUT2D eigenvalue weighted by molar-refractivity contribution is -0.122. The topological polar surface area (TPSA) is 41.1 Å². The molecule has 0 aromatic carbocycles. The van der Waals surface area contributed by atoms with Crippen LogP contribution in [0.4, 0.5) is 0 Å². The summed E-state index contributed by atoms with van der Waals surface area (Å²) in [4.78, 5) is 11.7. The fraction of sp³-hybridized carbons (Fsp3) is 0.545. The fourth-order valence-corrected chi connectivity index (χ4v) is 2.55. The van der Waals surface area contributed by atoms with Gasteiger partial charge in [0.25, 0.3) is 0 Å². The number of rotatable bonds is 3. The van der Waals surface area contributed by atoms with Crippen molar-refractivity contribution in [3.05, 3.63) is 22.4 Å². The van der Waals surface area contributed by atoms with Crippen LogP contribution >= 0.6 is 11.3 Å². The Labute approximate surface area is 93.9 Å². The maximum absolute atomic E-state index is 11.7. The van der Waals surface area contributed by atoms with E-state index in [2.05, 4.69) is 17.6 Å². The Morgan fingerprint density at radius 1 is 1.73 bits per heavy atom. The van der Waals surface area contributed by atoms with E-state index in [1.165, 1.54) is 0 Å². The Kier molecular flexibility index (Phi) is 3.07. The summed E-state index contributed by atoms with van der Waals surface area (Å²) in [6.45, 7) is 3.97. The van der Waals surface area contributed by atoms with E-state index in [1.807, 2.05) is 16.8 Å². The summed E-state index contributed by atoms with van der Waals surface area (Å²) in [6.07, 6.45) is 1.52. The first-order chi connectivity index (χ1) is 7.18. The molecule has 0 spiro atoms. The lowest BCUT2D eigenvalue weighted by Gasteiger charge is -2.24. The highest BCUT2D eigenvalue weighted by Crippen LogP contribution is 2.14. The first-order valence-electron chi connectivity index (χ1n) is 5.21. The minimum Gasteiger partial charge on any atom is -0.349 e. The Balaban J connectivity index is 1.87. The molecule has 1 aromatic heterocycles. The number of nitrogens with one attached hydrogen (secondary N) is 2. The maximum atomic E-state index is 11.7. The molecule has 82 valence electrons. The molecule has 0 saturated carbocycles. The third-order valence-corrected chi connectivity index (χ3v) is 3.49. The Morgan fingerprint density at radius 2 is 2.60 bits per heavy atom. The van der Waals surface area contributed by atoms with Gasteiger partial charge in [0, 0.05) is 6.54 Å². The molecule has 1 aliphatic rings. The second kappa shape index (κ2) is 4.33. The zero-order valence-corrected chi connectivity index (χ0v) is 9.69. The number of carbonyl (C=O) groups excluding carboxylic acids is 1. The van der Waals surface area contributed by atoms with E-state index in [-0.39, 0.29) is 11.4 Å². The van der Waals surface area contributed by atoms with E-state index >= 15 is 0 Å². The second-order valence-electron chi connectivity index (χ2n) is 4.34. The monoisotopic (exact) mass is 224 g/mol. The van der Waals surface area contributed by atoms with E-state index in [9.17, 15) is 4.79 Å². The Hall–Kier alpha value is -0.870. The van der Waals surface area contributed by atoms with Gasteiger partial charge in [-0.2, -0.15) is 11.3 Å². The van der Waals surface area contributed by atoms with Gasteiger partial charge in [0.2, 0.25) is 5.91 Å². The van der Waals surface area contributed by atoms with Crippen LogP contribution in [-0.4, -0.2) is 24.5 Å². The molecule has 1 atom stereocenters. The number of hydrogen-bond acceptors (Lipinski definition) is 3. The maximum Gasteiger partial charge on any atom is 0.224 e.